The lowest BCUT2D eigenvalue weighted by molar-refractivity contribution is 0.608. The molecule has 0 unspecified atom stereocenters. The van der Waals surface area contributed by atoms with Crippen LogP contribution in [-0.2, 0) is 0 Å². The normalized spacial score (nSPS) is 12.0. The molecule has 0 aliphatic carbocycles. The molecule has 0 aromatic carbocycles. The van der Waals surface area contributed by atoms with Crippen molar-refractivity contribution in [3.63, 3.8) is 0 Å². The molecular weight excluding hydrogens is 130 g/mol. The van der Waals surface area contributed by atoms with Crippen molar-refractivity contribution in [1.82, 2.24) is 5.32 Å². The van der Waals surface area contributed by atoms with E-state index in [4.69, 9.17) is 0 Å². The van der Waals surface area contributed by atoms with Gasteiger partial charge in [0.05, 0.1) is 4.87 Å². The Balaban J connectivity index is 3.33. The van der Waals surface area contributed by atoms with Crippen LogP contribution in [0.5, 0.6) is 0 Å². The molecule has 0 spiro atoms. The monoisotopic (exact) mass is 147 g/mol. The van der Waals surface area contributed by atoms with Gasteiger partial charge in [-0.25, -0.2) is 0 Å². The van der Waals surface area contributed by atoms with Crippen molar-refractivity contribution in [3.05, 3.63) is 0 Å². The molecule has 0 saturated carbocycles. The zero-order chi connectivity index (χ0) is 7.33. The van der Waals surface area contributed by atoms with Gasteiger partial charge in [-0.15, -0.1) is 11.8 Å². The number of thioether (sulfide) groups is 1. The summed E-state index contributed by atoms with van der Waals surface area (Å²) in [5.41, 5.74) is 0. The van der Waals surface area contributed by atoms with Crippen LogP contribution in [0, 0.1) is 0 Å². The zero-order valence-corrected chi connectivity index (χ0v) is 7.64. The molecule has 0 saturated heterocycles. The molecule has 0 fully saturated rings. The third kappa shape index (κ3) is 4.79. The zero-order valence-electron chi connectivity index (χ0n) is 6.82. The molecule has 0 aromatic heterocycles. The average Bonchev–Trinajstić information content (AvgIpc) is 1.84. The molecule has 56 valence electrons. The lowest BCUT2D eigenvalue weighted by atomic mass is 10.4. The summed E-state index contributed by atoms with van der Waals surface area (Å²) < 4.78 is 0. The molecule has 1 nitrogen and oxygen atoms in total. The molecule has 1 N–H and O–H groups in total. The largest absolute Gasteiger partial charge is 0.306 e. The molecule has 0 aromatic rings. The van der Waals surface area contributed by atoms with Gasteiger partial charge in [0.25, 0.3) is 0 Å². The Morgan fingerprint density at radius 2 is 2.00 bits per heavy atom. The van der Waals surface area contributed by atoms with Crippen LogP contribution in [0.2, 0.25) is 0 Å². The fourth-order valence-electron chi connectivity index (χ4n) is 0.429. The van der Waals surface area contributed by atoms with Crippen molar-refractivity contribution >= 4 is 11.8 Å². The summed E-state index contributed by atoms with van der Waals surface area (Å²) in [6.45, 7) is 6.61. The van der Waals surface area contributed by atoms with Crippen LogP contribution in [0.3, 0.4) is 0 Å². The summed E-state index contributed by atoms with van der Waals surface area (Å²) in [5.74, 6) is 1.24. The van der Waals surface area contributed by atoms with Crippen LogP contribution in [-0.4, -0.2) is 17.7 Å². The van der Waals surface area contributed by atoms with E-state index in [-0.39, 0.29) is 4.87 Å². The second kappa shape index (κ2) is 4.18. The minimum atomic E-state index is 0.260. The molecule has 0 atom stereocenters. The van der Waals surface area contributed by atoms with Gasteiger partial charge in [-0.2, -0.15) is 0 Å². The molecule has 0 amide bonds. The van der Waals surface area contributed by atoms with Crippen molar-refractivity contribution in [2.24, 2.45) is 0 Å². The van der Waals surface area contributed by atoms with Crippen molar-refractivity contribution in [3.8, 4) is 0 Å². The first-order valence-electron chi connectivity index (χ1n) is 3.45. The summed E-state index contributed by atoms with van der Waals surface area (Å²) in [4.78, 5) is 0.260. The van der Waals surface area contributed by atoms with Gasteiger partial charge in [0.15, 0.2) is 0 Å². The van der Waals surface area contributed by atoms with Crippen molar-refractivity contribution in [1.29, 1.82) is 0 Å². The van der Waals surface area contributed by atoms with Crippen molar-refractivity contribution in [2.45, 2.75) is 32.1 Å². The van der Waals surface area contributed by atoms with Gasteiger partial charge in [-0.3, -0.25) is 0 Å². The van der Waals surface area contributed by atoms with E-state index in [1.165, 1.54) is 12.2 Å². The van der Waals surface area contributed by atoms with Gasteiger partial charge in [-0.1, -0.05) is 6.92 Å². The van der Waals surface area contributed by atoms with Gasteiger partial charge < -0.3 is 5.32 Å². The first-order chi connectivity index (χ1) is 4.12. The highest BCUT2D eigenvalue weighted by atomic mass is 32.2. The average molecular weight is 147 g/mol. The van der Waals surface area contributed by atoms with E-state index in [2.05, 4.69) is 26.1 Å². The summed E-state index contributed by atoms with van der Waals surface area (Å²) >= 11 is 1.97. The van der Waals surface area contributed by atoms with Crippen LogP contribution in [0.15, 0.2) is 0 Å². The Bertz CT molecular complexity index is 71.3. The maximum Gasteiger partial charge on any atom is 0.0585 e. The fraction of sp³-hybridized carbons (Fsp3) is 1.00. The standard InChI is InChI=1S/C7H17NS/c1-5-6-9-7(2,3)8-4/h8H,5-6H2,1-4H3. The van der Waals surface area contributed by atoms with E-state index in [0.29, 0.717) is 0 Å². The SMILES string of the molecule is CCCSC(C)(C)NC. The van der Waals surface area contributed by atoms with Crippen LogP contribution < -0.4 is 5.32 Å². The lowest BCUT2D eigenvalue weighted by Gasteiger charge is -2.22. The molecular formula is C7H17NS. The van der Waals surface area contributed by atoms with Crippen LogP contribution in [0.4, 0.5) is 0 Å². The molecule has 0 aliphatic heterocycles. The van der Waals surface area contributed by atoms with E-state index < -0.39 is 0 Å². The molecule has 2 heteroatoms. The minimum Gasteiger partial charge on any atom is -0.306 e. The predicted octanol–water partition coefficient (Wildman–Crippen LogP) is 2.09. The summed E-state index contributed by atoms with van der Waals surface area (Å²) in [6.07, 6.45) is 1.26. The quantitative estimate of drug-likeness (QED) is 0.611. The molecule has 0 radical (unpaired) electrons. The minimum absolute atomic E-state index is 0.260. The maximum atomic E-state index is 3.24. The molecule has 0 bridgehead atoms. The number of rotatable bonds is 4. The lowest BCUT2D eigenvalue weighted by Crippen LogP contribution is -2.32. The molecule has 0 rings (SSSR count). The second-order valence-electron chi connectivity index (χ2n) is 2.61. The van der Waals surface area contributed by atoms with E-state index in [0.717, 1.165) is 0 Å². The maximum absolute atomic E-state index is 3.24. The first kappa shape index (κ1) is 9.31. The number of nitrogens with one attached hydrogen (secondary N) is 1. The third-order valence-electron chi connectivity index (χ3n) is 1.27. The number of hydrogen-bond acceptors (Lipinski definition) is 2. The van der Waals surface area contributed by atoms with Crippen LogP contribution in [0.1, 0.15) is 27.2 Å². The van der Waals surface area contributed by atoms with Gasteiger partial charge in [0, 0.05) is 0 Å². The topological polar surface area (TPSA) is 12.0 Å². The Morgan fingerprint density at radius 3 is 2.33 bits per heavy atom. The van der Waals surface area contributed by atoms with E-state index >= 15 is 0 Å². The Kier molecular flexibility index (Phi) is 4.32. The third-order valence-corrected chi connectivity index (χ3v) is 2.81. The van der Waals surface area contributed by atoms with E-state index in [1.54, 1.807) is 0 Å². The van der Waals surface area contributed by atoms with Crippen LogP contribution in [0.25, 0.3) is 0 Å². The summed E-state index contributed by atoms with van der Waals surface area (Å²) in [5, 5.41) is 3.24. The van der Waals surface area contributed by atoms with Crippen molar-refractivity contribution in [2.75, 3.05) is 12.8 Å². The Labute approximate surface area is 62.6 Å². The van der Waals surface area contributed by atoms with E-state index in [1.807, 2.05) is 18.8 Å². The summed E-state index contributed by atoms with van der Waals surface area (Å²) in [7, 11) is 2.00. The van der Waals surface area contributed by atoms with Gasteiger partial charge in [0.2, 0.25) is 0 Å². The highest BCUT2D eigenvalue weighted by molar-refractivity contribution is 8.00. The smallest absolute Gasteiger partial charge is 0.0585 e. The van der Waals surface area contributed by atoms with Crippen molar-refractivity contribution < 1.29 is 0 Å². The van der Waals surface area contributed by atoms with Gasteiger partial charge in [-0.05, 0) is 33.1 Å². The molecule has 9 heavy (non-hydrogen) atoms. The second-order valence-corrected chi connectivity index (χ2v) is 4.33. The Morgan fingerprint density at radius 1 is 1.44 bits per heavy atom. The highest BCUT2D eigenvalue weighted by Gasteiger charge is 2.12. The van der Waals surface area contributed by atoms with Gasteiger partial charge >= 0.3 is 0 Å². The molecule has 0 aliphatic rings. The van der Waals surface area contributed by atoms with Gasteiger partial charge in [0.1, 0.15) is 0 Å². The first-order valence-corrected chi connectivity index (χ1v) is 4.44. The van der Waals surface area contributed by atoms with E-state index in [9.17, 15) is 0 Å². The highest BCUT2D eigenvalue weighted by Crippen LogP contribution is 2.20. The number of hydrogen-bond donors (Lipinski definition) is 1. The predicted molar refractivity (Wildman–Crippen MR) is 45.9 cm³/mol. The molecule has 0 heterocycles. The fourth-order valence-corrected chi connectivity index (χ4v) is 1.29. The van der Waals surface area contributed by atoms with Crippen LogP contribution >= 0.6 is 11.8 Å². The summed E-state index contributed by atoms with van der Waals surface area (Å²) in [6, 6.07) is 0. The Hall–Kier alpha value is 0.310.